The minimum atomic E-state index is 0.0426. The van der Waals surface area contributed by atoms with Crippen molar-refractivity contribution in [3.8, 4) is 0 Å². The van der Waals surface area contributed by atoms with Gasteiger partial charge in [-0.25, -0.2) is 0 Å². The summed E-state index contributed by atoms with van der Waals surface area (Å²) < 4.78 is 1.22. The Bertz CT molecular complexity index is 87.0. The molecule has 9 heavy (non-hydrogen) atoms. The fraction of sp³-hybridized carbons (Fsp3) is 0.800. The first-order valence-corrected chi connectivity index (χ1v) is 5.37. The van der Waals surface area contributed by atoms with Crippen molar-refractivity contribution in [2.75, 3.05) is 11.0 Å². The fourth-order valence-electron chi connectivity index (χ4n) is 0.406. The number of alkyl halides is 1. The molecule has 0 atom stereocenters. The van der Waals surface area contributed by atoms with Gasteiger partial charge in [0, 0.05) is 29.1 Å². The summed E-state index contributed by atoms with van der Waals surface area (Å²) in [7, 11) is 0. The number of rotatable bonds is 4. The largest absolute Gasteiger partial charge is 0.348 e. The molecule has 54 valence electrons. The molecule has 0 aromatic carbocycles. The summed E-state index contributed by atoms with van der Waals surface area (Å²) in [5.74, 6) is 0. The van der Waals surface area contributed by atoms with Crippen LogP contribution < -0.4 is 5.32 Å². The predicted octanol–water partition coefficient (Wildman–Crippen LogP) is 2.35. The van der Waals surface area contributed by atoms with Crippen LogP contribution in [0.3, 0.4) is 0 Å². The predicted molar refractivity (Wildman–Crippen MR) is 55.5 cm³/mol. The van der Waals surface area contributed by atoms with Crippen molar-refractivity contribution in [3.05, 3.63) is 0 Å². The third-order valence-electron chi connectivity index (χ3n) is 0.824. The van der Waals surface area contributed by atoms with Gasteiger partial charge in [0.1, 0.15) is 0 Å². The molecule has 0 radical (unpaired) electrons. The molecule has 2 nitrogen and oxygen atoms in total. The lowest BCUT2D eigenvalue weighted by Gasteiger charge is -1.96. The number of hydrogen-bond donors (Lipinski definition) is 1. The van der Waals surface area contributed by atoms with Gasteiger partial charge in [0.25, 0.3) is 3.91 Å². The number of carbonyl (C=O) groups excluding carboxylic acids is 1. The van der Waals surface area contributed by atoms with E-state index in [1.807, 2.05) is 0 Å². The Morgan fingerprint density at radius 2 is 2.11 bits per heavy atom. The lowest BCUT2D eigenvalue weighted by molar-refractivity contribution is 0.263. The molecule has 0 heterocycles. The minimum absolute atomic E-state index is 0.0426. The molecule has 0 saturated carbocycles. The Labute approximate surface area is 82.4 Å². The van der Waals surface area contributed by atoms with E-state index in [0.29, 0.717) is 0 Å². The molecule has 0 unspecified atom stereocenters. The van der Waals surface area contributed by atoms with E-state index in [9.17, 15) is 4.79 Å². The third-order valence-corrected chi connectivity index (χ3v) is 1.97. The summed E-state index contributed by atoms with van der Waals surface area (Å²) in [5.41, 5.74) is 0. The zero-order valence-electron chi connectivity index (χ0n) is 4.99. The van der Waals surface area contributed by atoms with Crippen molar-refractivity contribution in [1.29, 1.82) is 0 Å². The van der Waals surface area contributed by atoms with Gasteiger partial charge in [-0.05, 0) is 17.3 Å². The van der Waals surface area contributed by atoms with E-state index < -0.39 is 0 Å². The first-order chi connectivity index (χ1) is 4.27. The molecule has 1 N–H and O–H groups in total. The minimum Gasteiger partial charge on any atom is -0.348 e. The average molecular weight is 353 g/mol. The molecule has 0 saturated heterocycles. The summed E-state index contributed by atoms with van der Waals surface area (Å²) in [6.07, 6.45) is 2.29. The third kappa shape index (κ3) is 8.93. The fourth-order valence-corrected chi connectivity index (χ4v) is 1.22. The van der Waals surface area contributed by atoms with E-state index in [-0.39, 0.29) is 3.91 Å². The highest BCUT2D eigenvalue weighted by atomic mass is 127. The number of halogens is 2. The Balaban J connectivity index is 2.83. The normalized spacial score (nSPS) is 9.11. The Morgan fingerprint density at radius 3 is 2.56 bits per heavy atom. The number of carbonyl (C=O) groups is 1. The number of unbranched alkanes of at least 4 members (excludes halogenated alkanes) is 1. The van der Waals surface area contributed by atoms with Crippen molar-refractivity contribution in [1.82, 2.24) is 5.32 Å². The second kappa shape index (κ2) is 7.04. The number of amides is 1. The molecule has 0 fully saturated rings. The zero-order chi connectivity index (χ0) is 7.11. The van der Waals surface area contributed by atoms with E-state index in [1.165, 1.54) is 10.8 Å². The summed E-state index contributed by atoms with van der Waals surface area (Å²) in [5, 5.41) is 2.72. The van der Waals surface area contributed by atoms with Crippen LogP contribution in [-0.2, 0) is 0 Å². The van der Waals surface area contributed by atoms with E-state index in [4.69, 9.17) is 0 Å². The first-order valence-electron chi connectivity index (χ1n) is 2.76. The molecule has 0 bridgehead atoms. The lowest BCUT2D eigenvalue weighted by atomic mass is 10.3. The van der Waals surface area contributed by atoms with Crippen molar-refractivity contribution < 1.29 is 4.79 Å². The highest BCUT2D eigenvalue weighted by Crippen LogP contribution is 1.93. The smallest absolute Gasteiger partial charge is 0.280 e. The van der Waals surface area contributed by atoms with Gasteiger partial charge in [0.2, 0.25) is 0 Å². The molecule has 0 aliphatic carbocycles. The molecule has 4 heteroatoms. The molecule has 0 aromatic rings. The average Bonchev–Trinajstić information content (AvgIpc) is 1.80. The van der Waals surface area contributed by atoms with Gasteiger partial charge in [0.15, 0.2) is 0 Å². The van der Waals surface area contributed by atoms with Crippen LogP contribution in [0.15, 0.2) is 0 Å². The first kappa shape index (κ1) is 9.93. The van der Waals surface area contributed by atoms with Crippen molar-refractivity contribution in [2.45, 2.75) is 12.8 Å². The molecular weight excluding hydrogens is 344 g/mol. The summed E-state index contributed by atoms with van der Waals surface area (Å²) >= 11 is 4.07. The standard InChI is InChI=1S/C5H9I2NO/c6-3-1-2-4-8-5(7)9/h1-4H2,(H,8,9). The maximum atomic E-state index is 10.3. The van der Waals surface area contributed by atoms with E-state index in [0.717, 1.165) is 13.0 Å². The number of hydrogen-bond acceptors (Lipinski definition) is 1. The summed E-state index contributed by atoms with van der Waals surface area (Å²) in [4.78, 5) is 10.3. The van der Waals surface area contributed by atoms with Gasteiger partial charge < -0.3 is 5.32 Å². The van der Waals surface area contributed by atoms with Gasteiger partial charge in [-0.2, -0.15) is 0 Å². The van der Waals surface area contributed by atoms with Crippen molar-refractivity contribution >= 4 is 49.1 Å². The van der Waals surface area contributed by atoms with Crippen LogP contribution in [0.25, 0.3) is 0 Å². The topological polar surface area (TPSA) is 29.1 Å². The van der Waals surface area contributed by atoms with E-state index in [1.54, 1.807) is 22.6 Å². The zero-order valence-corrected chi connectivity index (χ0v) is 9.31. The van der Waals surface area contributed by atoms with Crippen molar-refractivity contribution in [2.24, 2.45) is 0 Å². The molecule has 0 aliphatic heterocycles. The quantitative estimate of drug-likeness (QED) is 0.272. The van der Waals surface area contributed by atoms with Gasteiger partial charge in [-0.15, -0.1) is 0 Å². The van der Waals surface area contributed by atoms with Gasteiger partial charge in [-0.1, -0.05) is 22.6 Å². The van der Waals surface area contributed by atoms with Crippen LogP contribution in [0, 0.1) is 0 Å². The Kier molecular flexibility index (Phi) is 7.77. The lowest BCUT2D eigenvalue weighted by Crippen LogP contribution is -2.16. The monoisotopic (exact) mass is 353 g/mol. The van der Waals surface area contributed by atoms with E-state index >= 15 is 0 Å². The second-order valence-electron chi connectivity index (χ2n) is 1.60. The van der Waals surface area contributed by atoms with Crippen LogP contribution in [-0.4, -0.2) is 14.9 Å². The van der Waals surface area contributed by atoms with Crippen LogP contribution in [0.2, 0.25) is 0 Å². The SMILES string of the molecule is O=C(I)NCCCCI. The molecule has 0 aromatic heterocycles. The van der Waals surface area contributed by atoms with Crippen LogP contribution in [0.1, 0.15) is 12.8 Å². The molecule has 0 aliphatic rings. The maximum Gasteiger partial charge on any atom is 0.280 e. The highest BCUT2D eigenvalue weighted by molar-refractivity contribution is 14.1. The maximum absolute atomic E-state index is 10.3. The summed E-state index contributed by atoms with van der Waals surface area (Å²) in [6, 6.07) is 0. The van der Waals surface area contributed by atoms with Crippen molar-refractivity contribution in [3.63, 3.8) is 0 Å². The molecule has 1 amide bonds. The second-order valence-corrected chi connectivity index (χ2v) is 3.66. The Morgan fingerprint density at radius 1 is 1.44 bits per heavy atom. The van der Waals surface area contributed by atoms with Gasteiger partial charge in [0.05, 0.1) is 0 Å². The van der Waals surface area contributed by atoms with Crippen LogP contribution in [0.5, 0.6) is 0 Å². The molecule has 0 spiro atoms. The van der Waals surface area contributed by atoms with Crippen LogP contribution >= 0.6 is 45.2 Å². The highest BCUT2D eigenvalue weighted by Gasteiger charge is 1.89. The van der Waals surface area contributed by atoms with Crippen LogP contribution in [0.4, 0.5) is 4.79 Å². The van der Waals surface area contributed by atoms with Gasteiger partial charge in [-0.3, -0.25) is 4.79 Å². The number of nitrogens with one attached hydrogen (secondary N) is 1. The summed E-state index contributed by atoms with van der Waals surface area (Å²) in [6.45, 7) is 0.824. The molecular formula is C5H9I2NO. The Hall–Kier alpha value is 0.930. The molecule has 0 rings (SSSR count). The van der Waals surface area contributed by atoms with Gasteiger partial charge >= 0.3 is 0 Å². The van der Waals surface area contributed by atoms with E-state index in [2.05, 4.69) is 27.9 Å².